The molecule has 34 heavy (non-hydrogen) atoms. The number of hydrogen-bond acceptors (Lipinski definition) is 4. The van der Waals surface area contributed by atoms with E-state index in [0.29, 0.717) is 12.2 Å². The second kappa shape index (κ2) is 10.9. The number of carbonyl (C=O) groups excluding carboxylic acids is 2. The number of nitrogens with zero attached hydrogens (tertiary/aromatic N) is 1. The summed E-state index contributed by atoms with van der Waals surface area (Å²) in [7, 11) is -2.05. The van der Waals surface area contributed by atoms with Gasteiger partial charge in [0.15, 0.2) is 8.32 Å². The Morgan fingerprint density at radius 2 is 1.47 bits per heavy atom. The van der Waals surface area contributed by atoms with E-state index in [4.69, 9.17) is 9.16 Å². The molecular formula is C28H41NO4Si. The number of amides is 1. The third kappa shape index (κ3) is 7.54. The molecule has 0 aromatic heterocycles. The first-order valence-corrected chi connectivity index (χ1v) is 14.8. The van der Waals surface area contributed by atoms with Gasteiger partial charge in [-0.1, -0.05) is 68.3 Å². The van der Waals surface area contributed by atoms with Gasteiger partial charge in [0.1, 0.15) is 13.2 Å². The molecule has 186 valence electrons. The second-order valence-corrected chi connectivity index (χ2v) is 16.1. The van der Waals surface area contributed by atoms with Crippen molar-refractivity contribution in [1.82, 2.24) is 4.90 Å². The Bertz CT molecular complexity index is 973. The minimum atomic E-state index is -2.05. The van der Waals surface area contributed by atoms with Crippen LogP contribution in [-0.4, -0.2) is 43.8 Å². The molecule has 0 radical (unpaired) electrons. The first kappa shape index (κ1) is 27.8. The van der Waals surface area contributed by atoms with Gasteiger partial charge in [0, 0.05) is 5.56 Å². The summed E-state index contributed by atoms with van der Waals surface area (Å²) in [6.45, 7) is 19.1. The van der Waals surface area contributed by atoms with Gasteiger partial charge in [-0.25, -0.2) is 0 Å². The molecule has 6 heteroatoms. The molecule has 0 fully saturated rings. The monoisotopic (exact) mass is 483 g/mol. The Morgan fingerprint density at radius 1 is 0.912 bits per heavy atom. The van der Waals surface area contributed by atoms with Crippen LogP contribution in [0.4, 0.5) is 0 Å². The maximum atomic E-state index is 13.7. The van der Waals surface area contributed by atoms with Crippen LogP contribution in [0, 0.1) is 13.8 Å². The third-order valence-electron chi connectivity index (χ3n) is 6.57. The maximum Gasteiger partial charge on any atom is 0.326 e. The first-order valence-electron chi connectivity index (χ1n) is 11.9. The van der Waals surface area contributed by atoms with E-state index < -0.39 is 19.8 Å². The van der Waals surface area contributed by atoms with Crippen molar-refractivity contribution in [3.8, 4) is 0 Å². The third-order valence-corrected chi connectivity index (χ3v) is 11.0. The van der Waals surface area contributed by atoms with Crippen molar-refractivity contribution in [1.29, 1.82) is 0 Å². The Morgan fingerprint density at radius 3 is 2.00 bits per heavy atom. The lowest BCUT2D eigenvalue weighted by Crippen LogP contribution is -2.55. The molecule has 5 nitrogen and oxygen atoms in total. The van der Waals surface area contributed by atoms with E-state index >= 15 is 0 Å². The molecule has 0 N–H and O–H groups in total. The standard InChI is InChI=1S/C28H41NO4Si/c1-21-15-22(2)17-24(16-21)26(31)29(18-25(30)32-19-23-13-11-10-12-14-23)28(6,7)20-33-34(8,9)27(3,4)5/h10-17H,18-20H2,1-9H3. The average Bonchev–Trinajstić information content (AvgIpc) is 2.73. The Balaban J connectivity index is 2.28. The van der Waals surface area contributed by atoms with Gasteiger partial charge in [0.25, 0.3) is 5.91 Å². The van der Waals surface area contributed by atoms with Crippen LogP contribution in [0.1, 0.15) is 61.7 Å². The van der Waals surface area contributed by atoms with Crippen LogP contribution in [0.5, 0.6) is 0 Å². The van der Waals surface area contributed by atoms with Crippen molar-refractivity contribution in [3.63, 3.8) is 0 Å². The van der Waals surface area contributed by atoms with Crippen LogP contribution in [-0.2, 0) is 20.6 Å². The van der Waals surface area contributed by atoms with Gasteiger partial charge >= 0.3 is 5.97 Å². The van der Waals surface area contributed by atoms with Crippen molar-refractivity contribution in [3.05, 3.63) is 70.8 Å². The summed E-state index contributed by atoms with van der Waals surface area (Å²) in [4.78, 5) is 28.2. The minimum Gasteiger partial charge on any atom is -0.459 e. The number of carbonyl (C=O) groups is 2. The molecule has 0 unspecified atom stereocenters. The van der Waals surface area contributed by atoms with Gasteiger partial charge in [0.05, 0.1) is 12.1 Å². The van der Waals surface area contributed by atoms with Crippen LogP contribution in [0.2, 0.25) is 18.1 Å². The SMILES string of the molecule is Cc1cc(C)cc(C(=O)N(CC(=O)OCc2ccccc2)C(C)(C)CO[Si](C)(C)C(C)(C)C)c1. The van der Waals surface area contributed by atoms with E-state index in [9.17, 15) is 9.59 Å². The number of benzene rings is 2. The molecule has 0 aliphatic rings. The van der Waals surface area contributed by atoms with Gasteiger partial charge in [-0.3, -0.25) is 9.59 Å². The number of rotatable bonds is 9. The van der Waals surface area contributed by atoms with Crippen LogP contribution in [0.3, 0.4) is 0 Å². The summed E-state index contributed by atoms with van der Waals surface area (Å²) in [6, 6.07) is 15.3. The second-order valence-electron chi connectivity index (χ2n) is 11.3. The van der Waals surface area contributed by atoms with Gasteiger partial charge in [0.2, 0.25) is 0 Å². The largest absolute Gasteiger partial charge is 0.459 e. The minimum absolute atomic E-state index is 0.0419. The van der Waals surface area contributed by atoms with Crippen molar-refractivity contribution in [2.24, 2.45) is 0 Å². The van der Waals surface area contributed by atoms with E-state index in [1.165, 1.54) is 0 Å². The van der Waals surface area contributed by atoms with E-state index in [-0.39, 0.29) is 24.1 Å². The lowest BCUT2D eigenvalue weighted by Gasteiger charge is -2.43. The summed E-state index contributed by atoms with van der Waals surface area (Å²) < 4.78 is 12.0. The Hall–Kier alpha value is -2.44. The fourth-order valence-electron chi connectivity index (χ4n) is 3.38. The summed E-state index contributed by atoms with van der Waals surface area (Å²) in [5.41, 5.74) is 2.77. The number of ether oxygens (including phenoxy) is 1. The zero-order chi connectivity index (χ0) is 25.7. The summed E-state index contributed by atoms with van der Waals surface area (Å²) in [5.74, 6) is -0.644. The Kier molecular flexibility index (Phi) is 8.89. The van der Waals surface area contributed by atoms with Crippen LogP contribution >= 0.6 is 0 Å². The maximum absolute atomic E-state index is 13.7. The number of aryl methyl sites for hydroxylation is 2. The van der Waals surface area contributed by atoms with E-state index in [2.05, 4.69) is 33.9 Å². The van der Waals surface area contributed by atoms with Gasteiger partial charge in [-0.05, 0) is 63.5 Å². The van der Waals surface area contributed by atoms with Crippen molar-refractivity contribution in [2.75, 3.05) is 13.2 Å². The summed E-state index contributed by atoms with van der Waals surface area (Å²) >= 11 is 0. The summed E-state index contributed by atoms with van der Waals surface area (Å²) in [6.07, 6.45) is 0. The zero-order valence-corrected chi connectivity index (χ0v) is 23.3. The lowest BCUT2D eigenvalue weighted by atomic mass is 10.0. The molecule has 0 heterocycles. The highest BCUT2D eigenvalue weighted by molar-refractivity contribution is 6.74. The fourth-order valence-corrected chi connectivity index (χ4v) is 4.53. The zero-order valence-electron chi connectivity index (χ0n) is 22.3. The predicted octanol–water partition coefficient (Wildman–Crippen LogP) is 6.29. The molecule has 0 aliphatic heterocycles. The quantitative estimate of drug-likeness (QED) is 0.311. The molecule has 2 aromatic rings. The summed E-state index contributed by atoms with van der Waals surface area (Å²) in [5, 5.41) is 0.0419. The van der Waals surface area contributed by atoms with Crippen molar-refractivity contribution in [2.45, 2.75) is 78.7 Å². The van der Waals surface area contributed by atoms with Crippen LogP contribution < -0.4 is 0 Å². The first-order chi connectivity index (χ1) is 15.6. The number of esters is 1. The lowest BCUT2D eigenvalue weighted by molar-refractivity contribution is -0.147. The molecule has 0 saturated carbocycles. The highest BCUT2D eigenvalue weighted by atomic mass is 28.4. The van der Waals surface area contributed by atoms with Gasteiger partial charge in [-0.15, -0.1) is 0 Å². The molecular weight excluding hydrogens is 442 g/mol. The fraction of sp³-hybridized carbons (Fsp3) is 0.500. The van der Waals surface area contributed by atoms with E-state index in [1.807, 2.05) is 76.2 Å². The van der Waals surface area contributed by atoms with Crippen LogP contribution in [0.15, 0.2) is 48.5 Å². The van der Waals surface area contributed by atoms with Crippen molar-refractivity contribution >= 4 is 20.2 Å². The molecule has 0 aliphatic carbocycles. The molecule has 0 bridgehead atoms. The molecule has 2 rings (SSSR count). The molecule has 0 saturated heterocycles. The van der Waals surface area contributed by atoms with E-state index in [0.717, 1.165) is 16.7 Å². The molecule has 0 atom stereocenters. The molecule has 2 aromatic carbocycles. The van der Waals surface area contributed by atoms with Gasteiger partial charge < -0.3 is 14.1 Å². The molecule has 0 spiro atoms. The predicted molar refractivity (Wildman–Crippen MR) is 140 cm³/mol. The van der Waals surface area contributed by atoms with E-state index in [1.54, 1.807) is 4.90 Å². The molecule has 1 amide bonds. The highest BCUT2D eigenvalue weighted by Crippen LogP contribution is 2.37. The normalized spacial score (nSPS) is 12.4. The van der Waals surface area contributed by atoms with Crippen molar-refractivity contribution < 1.29 is 18.8 Å². The topological polar surface area (TPSA) is 55.8 Å². The number of hydrogen-bond donors (Lipinski definition) is 0. The Labute approximate surface area is 206 Å². The average molecular weight is 484 g/mol. The van der Waals surface area contributed by atoms with Crippen LogP contribution in [0.25, 0.3) is 0 Å². The highest BCUT2D eigenvalue weighted by Gasteiger charge is 2.41. The smallest absolute Gasteiger partial charge is 0.326 e. The van der Waals surface area contributed by atoms with Gasteiger partial charge in [-0.2, -0.15) is 0 Å².